The number of hydrogen-bond acceptors (Lipinski definition) is 6. The lowest BCUT2D eigenvalue weighted by molar-refractivity contribution is -0.143. The molecule has 0 aliphatic heterocycles. The van der Waals surface area contributed by atoms with Crippen LogP contribution in [-0.4, -0.2) is 65.2 Å². The molecule has 4 atom stereocenters. The van der Waals surface area contributed by atoms with Gasteiger partial charge in [0, 0.05) is 0 Å². The Hall–Kier alpha value is -2.20. The zero-order valence-electron chi connectivity index (χ0n) is 16.3. The van der Waals surface area contributed by atoms with Gasteiger partial charge in [-0.3, -0.25) is 14.4 Å². The molecule has 0 unspecified atom stereocenters. The van der Waals surface area contributed by atoms with Gasteiger partial charge in [-0.05, 0) is 18.3 Å². The Balaban J connectivity index is 4.64. The van der Waals surface area contributed by atoms with Crippen molar-refractivity contribution in [3.8, 4) is 0 Å². The van der Waals surface area contributed by atoms with Gasteiger partial charge in [0.2, 0.25) is 17.7 Å². The van der Waals surface area contributed by atoms with Gasteiger partial charge < -0.3 is 31.9 Å². The number of amides is 3. The van der Waals surface area contributed by atoms with Crippen LogP contribution in [0.4, 0.5) is 0 Å². The van der Waals surface area contributed by atoms with Crippen LogP contribution in [-0.2, 0) is 19.2 Å². The number of nitrogens with two attached hydrogens (primary N) is 1. The highest BCUT2D eigenvalue weighted by molar-refractivity contribution is 5.92. The van der Waals surface area contributed by atoms with Crippen LogP contribution in [0.15, 0.2) is 0 Å². The Bertz CT molecular complexity index is 526. The summed E-state index contributed by atoms with van der Waals surface area (Å²) < 4.78 is 0. The van der Waals surface area contributed by atoms with Crippen molar-refractivity contribution in [3.63, 3.8) is 0 Å². The monoisotopic (exact) mass is 388 g/mol. The van der Waals surface area contributed by atoms with E-state index in [4.69, 9.17) is 10.8 Å². The molecule has 0 saturated carbocycles. The molecule has 0 aliphatic rings. The Morgan fingerprint density at radius 3 is 2.04 bits per heavy atom. The lowest BCUT2D eigenvalue weighted by Crippen LogP contribution is -2.55. The Kier molecular flexibility index (Phi) is 11.2. The number of nitrogens with one attached hydrogen (secondary N) is 3. The first kappa shape index (κ1) is 24.8. The maximum Gasteiger partial charge on any atom is 0.326 e. The lowest BCUT2D eigenvalue weighted by atomic mass is 9.99. The predicted molar refractivity (Wildman–Crippen MR) is 98.5 cm³/mol. The van der Waals surface area contributed by atoms with Crippen LogP contribution in [0.25, 0.3) is 0 Å². The number of aliphatic hydroxyl groups is 1. The number of carbonyl (C=O) groups excluding carboxylic acids is 3. The fraction of sp³-hybridized carbons (Fsp3) is 0.765. The van der Waals surface area contributed by atoms with Gasteiger partial charge in [-0.1, -0.05) is 34.1 Å². The lowest BCUT2D eigenvalue weighted by Gasteiger charge is -2.21. The smallest absolute Gasteiger partial charge is 0.326 e. The van der Waals surface area contributed by atoms with Crippen molar-refractivity contribution < 1.29 is 29.4 Å². The van der Waals surface area contributed by atoms with Crippen molar-refractivity contribution in [2.24, 2.45) is 17.6 Å². The minimum atomic E-state index is -1.33. The number of rotatable bonds is 12. The number of aliphatic hydroxyl groups excluding tert-OH is 1. The van der Waals surface area contributed by atoms with E-state index in [1.54, 1.807) is 13.8 Å². The van der Waals surface area contributed by atoms with Crippen molar-refractivity contribution in [1.29, 1.82) is 0 Å². The van der Waals surface area contributed by atoms with E-state index in [-0.39, 0.29) is 18.3 Å². The Morgan fingerprint density at radius 1 is 1.00 bits per heavy atom. The van der Waals surface area contributed by atoms with E-state index in [0.717, 1.165) is 0 Å². The summed E-state index contributed by atoms with van der Waals surface area (Å²) in [5.74, 6) is -3.25. The molecule has 0 aromatic carbocycles. The van der Waals surface area contributed by atoms with Gasteiger partial charge >= 0.3 is 5.97 Å². The largest absolute Gasteiger partial charge is 0.480 e. The van der Waals surface area contributed by atoms with E-state index in [1.807, 2.05) is 13.8 Å². The summed E-state index contributed by atoms with van der Waals surface area (Å²) in [6.07, 6.45) is 0.908. The molecule has 0 heterocycles. The molecule has 27 heavy (non-hydrogen) atoms. The molecular weight excluding hydrogens is 356 g/mol. The minimum Gasteiger partial charge on any atom is -0.480 e. The van der Waals surface area contributed by atoms with Crippen LogP contribution in [0.1, 0.15) is 40.5 Å². The molecule has 0 saturated heterocycles. The van der Waals surface area contributed by atoms with Crippen molar-refractivity contribution in [2.75, 3.05) is 13.2 Å². The Labute approximate surface area is 159 Å². The van der Waals surface area contributed by atoms with Crippen LogP contribution >= 0.6 is 0 Å². The molecule has 0 fully saturated rings. The number of aliphatic carboxylic acids is 1. The van der Waals surface area contributed by atoms with Gasteiger partial charge in [-0.15, -0.1) is 0 Å². The standard InChI is InChI=1S/C17H32N4O6/c1-5-10(4)14(18)16(25)19-7-13(23)20-12(8-22)15(24)21-11(17(26)27)6-9(2)3/h9-12,14,22H,5-8,18H2,1-4H3,(H,19,25)(H,20,23)(H,21,24)(H,26,27)/t10-,11-,12-,14-/m0/s1. The quantitative estimate of drug-likeness (QED) is 0.238. The summed E-state index contributed by atoms with van der Waals surface area (Å²) >= 11 is 0. The molecule has 0 radical (unpaired) electrons. The van der Waals surface area contributed by atoms with Gasteiger partial charge in [0.15, 0.2) is 0 Å². The molecule has 10 heteroatoms. The maximum atomic E-state index is 12.1. The second-order valence-electron chi connectivity index (χ2n) is 6.96. The van der Waals surface area contributed by atoms with Gasteiger partial charge in [0.25, 0.3) is 0 Å². The molecule has 7 N–H and O–H groups in total. The third-order valence-corrected chi connectivity index (χ3v) is 4.14. The van der Waals surface area contributed by atoms with E-state index >= 15 is 0 Å². The third-order valence-electron chi connectivity index (χ3n) is 4.14. The summed E-state index contributed by atoms with van der Waals surface area (Å²) in [6.45, 7) is 6.18. The highest BCUT2D eigenvalue weighted by Crippen LogP contribution is 2.06. The molecule has 0 rings (SSSR count). The average Bonchev–Trinajstić information content (AvgIpc) is 2.61. The van der Waals surface area contributed by atoms with Crippen molar-refractivity contribution in [3.05, 3.63) is 0 Å². The summed E-state index contributed by atoms with van der Waals surface area (Å²) in [5.41, 5.74) is 5.75. The van der Waals surface area contributed by atoms with Crippen LogP contribution in [0.5, 0.6) is 0 Å². The number of hydrogen-bond donors (Lipinski definition) is 6. The number of carboxylic acids is 1. The zero-order valence-corrected chi connectivity index (χ0v) is 16.3. The predicted octanol–water partition coefficient (Wildman–Crippen LogP) is -1.43. The fourth-order valence-electron chi connectivity index (χ4n) is 2.20. The number of carbonyl (C=O) groups is 4. The molecule has 0 spiro atoms. The highest BCUT2D eigenvalue weighted by atomic mass is 16.4. The molecule has 156 valence electrons. The number of carboxylic acid groups (broad SMARTS) is 1. The molecule has 0 aromatic rings. The summed E-state index contributed by atoms with van der Waals surface area (Å²) in [4.78, 5) is 47.1. The molecular formula is C17H32N4O6. The summed E-state index contributed by atoms with van der Waals surface area (Å²) in [6, 6.07) is -3.21. The fourth-order valence-corrected chi connectivity index (χ4v) is 2.20. The van der Waals surface area contributed by atoms with Crippen molar-refractivity contribution in [2.45, 2.75) is 58.7 Å². The van der Waals surface area contributed by atoms with Crippen LogP contribution in [0, 0.1) is 11.8 Å². The van der Waals surface area contributed by atoms with Crippen LogP contribution in [0.3, 0.4) is 0 Å². The molecule has 0 bridgehead atoms. The van der Waals surface area contributed by atoms with Crippen LogP contribution < -0.4 is 21.7 Å². The maximum absolute atomic E-state index is 12.1. The van der Waals surface area contributed by atoms with Crippen LogP contribution in [0.2, 0.25) is 0 Å². The second-order valence-corrected chi connectivity index (χ2v) is 6.96. The average molecular weight is 388 g/mol. The van der Waals surface area contributed by atoms with Crippen molar-refractivity contribution in [1.82, 2.24) is 16.0 Å². The first-order valence-electron chi connectivity index (χ1n) is 9.00. The summed E-state index contributed by atoms with van der Waals surface area (Å²) in [7, 11) is 0. The van der Waals surface area contributed by atoms with Gasteiger partial charge in [0.05, 0.1) is 19.2 Å². The van der Waals surface area contributed by atoms with E-state index < -0.39 is 55.0 Å². The SMILES string of the molecule is CC[C@H](C)[C@H](N)C(=O)NCC(=O)N[C@@H](CO)C(=O)N[C@@H](CC(C)C)C(=O)O. The van der Waals surface area contributed by atoms with E-state index in [9.17, 15) is 24.3 Å². The first-order chi connectivity index (χ1) is 12.5. The molecule has 0 aromatic heterocycles. The van der Waals surface area contributed by atoms with Gasteiger partial charge in [0.1, 0.15) is 12.1 Å². The minimum absolute atomic E-state index is 0.0264. The van der Waals surface area contributed by atoms with Gasteiger partial charge in [-0.2, -0.15) is 0 Å². The van der Waals surface area contributed by atoms with Crippen molar-refractivity contribution >= 4 is 23.7 Å². The first-order valence-corrected chi connectivity index (χ1v) is 9.00. The zero-order chi connectivity index (χ0) is 21.1. The second kappa shape index (κ2) is 12.2. The summed E-state index contributed by atoms with van der Waals surface area (Å²) in [5, 5.41) is 25.4. The molecule has 0 aliphatic carbocycles. The third kappa shape index (κ3) is 9.34. The van der Waals surface area contributed by atoms with E-state index in [1.165, 1.54) is 0 Å². The molecule has 10 nitrogen and oxygen atoms in total. The van der Waals surface area contributed by atoms with E-state index in [0.29, 0.717) is 6.42 Å². The topological polar surface area (TPSA) is 171 Å². The van der Waals surface area contributed by atoms with Gasteiger partial charge in [-0.25, -0.2) is 4.79 Å². The normalized spacial score (nSPS) is 15.4. The highest BCUT2D eigenvalue weighted by Gasteiger charge is 2.27. The Morgan fingerprint density at radius 2 is 1.59 bits per heavy atom. The van der Waals surface area contributed by atoms with E-state index in [2.05, 4.69) is 16.0 Å². The molecule has 3 amide bonds.